The minimum atomic E-state index is 0.474. The van der Waals surface area contributed by atoms with E-state index in [4.69, 9.17) is 4.74 Å². The average molecular weight is 230 g/mol. The molecule has 0 radical (unpaired) electrons. The molecule has 1 aromatic carbocycles. The van der Waals surface area contributed by atoms with Gasteiger partial charge in [-0.15, -0.1) is 0 Å². The first-order chi connectivity index (χ1) is 8.19. The second-order valence-corrected chi connectivity index (χ2v) is 6.08. The standard InChI is InChI=1S/C16H22O/c1-11-5-12(2)7-15(6-11)17-16-9-13-3-4-14(8-13)10-16/h5-7,13-14,16H,3-4,8-10H2,1-2H3/t13-,14+,16?. The molecule has 92 valence electrons. The number of aryl methyl sites for hydroxylation is 2. The molecule has 0 aromatic heterocycles. The fraction of sp³-hybridized carbons (Fsp3) is 0.625. The van der Waals surface area contributed by atoms with E-state index in [1.54, 1.807) is 0 Å². The van der Waals surface area contributed by atoms with Gasteiger partial charge in [-0.1, -0.05) is 18.9 Å². The first kappa shape index (κ1) is 11.1. The number of fused-ring (bicyclic) bond motifs is 2. The molecule has 1 nitrogen and oxygen atoms in total. The van der Waals surface area contributed by atoms with Crippen LogP contribution in [0, 0.1) is 25.7 Å². The van der Waals surface area contributed by atoms with Crippen molar-refractivity contribution in [2.75, 3.05) is 0 Å². The monoisotopic (exact) mass is 230 g/mol. The fourth-order valence-electron chi connectivity index (χ4n) is 3.74. The molecular formula is C16H22O. The van der Waals surface area contributed by atoms with Crippen molar-refractivity contribution >= 4 is 0 Å². The Morgan fingerprint density at radius 2 is 1.47 bits per heavy atom. The highest BCUT2D eigenvalue weighted by Gasteiger charge is 2.34. The number of benzene rings is 1. The van der Waals surface area contributed by atoms with Gasteiger partial charge < -0.3 is 4.74 Å². The Labute approximate surface area is 104 Å². The molecule has 2 aliphatic carbocycles. The topological polar surface area (TPSA) is 9.23 Å². The molecule has 17 heavy (non-hydrogen) atoms. The Morgan fingerprint density at radius 1 is 0.882 bits per heavy atom. The molecule has 2 bridgehead atoms. The molecule has 0 saturated heterocycles. The maximum Gasteiger partial charge on any atom is 0.120 e. The van der Waals surface area contributed by atoms with Crippen LogP contribution in [0.4, 0.5) is 0 Å². The molecule has 1 aromatic rings. The molecular weight excluding hydrogens is 208 g/mol. The van der Waals surface area contributed by atoms with Gasteiger partial charge in [0.2, 0.25) is 0 Å². The van der Waals surface area contributed by atoms with Crippen LogP contribution in [0.15, 0.2) is 18.2 Å². The zero-order chi connectivity index (χ0) is 11.8. The Hall–Kier alpha value is -0.980. The van der Waals surface area contributed by atoms with Gasteiger partial charge in [-0.05, 0) is 68.2 Å². The highest BCUT2D eigenvalue weighted by Crippen LogP contribution is 2.43. The van der Waals surface area contributed by atoms with Gasteiger partial charge in [0, 0.05) is 0 Å². The lowest BCUT2D eigenvalue weighted by molar-refractivity contribution is 0.118. The summed E-state index contributed by atoms with van der Waals surface area (Å²) in [5.74, 6) is 2.98. The van der Waals surface area contributed by atoms with Gasteiger partial charge in [0.1, 0.15) is 5.75 Å². The van der Waals surface area contributed by atoms with Crippen LogP contribution < -0.4 is 4.74 Å². The average Bonchev–Trinajstić information content (AvgIpc) is 2.56. The van der Waals surface area contributed by atoms with E-state index in [1.165, 1.54) is 43.2 Å². The Bertz CT molecular complexity index is 378. The summed E-state index contributed by atoms with van der Waals surface area (Å²) >= 11 is 0. The molecule has 0 amide bonds. The van der Waals surface area contributed by atoms with E-state index in [2.05, 4.69) is 32.0 Å². The van der Waals surface area contributed by atoms with Crippen molar-refractivity contribution in [3.8, 4) is 5.75 Å². The summed E-state index contributed by atoms with van der Waals surface area (Å²) in [5.41, 5.74) is 2.61. The molecule has 2 aliphatic rings. The van der Waals surface area contributed by atoms with Crippen LogP contribution in [0.1, 0.15) is 43.2 Å². The van der Waals surface area contributed by atoms with Gasteiger partial charge in [0.05, 0.1) is 6.10 Å². The van der Waals surface area contributed by atoms with Gasteiger partial charge in [-0.2, -0.15) is 0 Å². The summed E-state index contributed by atoms with van der Waals surface area (Å²) in [6.45, 7) is 4.29. The van der Waals surface area contributed by atoms with Crippen LogP contribution >= 0.6 is 0 Å². The van der Waals surface area contributed by atoms with Gasteiger partial charge in [-0.25, -0.2) is 0 Å². The third-order valence-electron chi connectivity index (χ3n) is 4.34. The van der Waals surface area contributed by atoms with Crippen LogP contribution in [0.2, 0.25) is 0 Å². The Balaban J connectivity index is 1.70. The predicted molar refractivity (Wildman–Crippen MR) is 70.4 cm³/mol. The molecule has 0 spiro atoms. The molecule has 0 N–H and O–H groups in total. The normalized spacial score (nSPS) is 31.5. The molecule has 0 aliphatic heterocycles. The number of ether oxygens (including phenoxy) is 1. The zero-order valence-corrected chi connectivity index (χ0v) is 10.9. The van der Waals surface area contributed by atoms with Crippen molar-refractivity contribution in [2.24, 2.45) is 11.8 Å². The number of hydrogen-bond acceptors (Lipinski definition) is 1. The van der Waals surface area contributed by atoms with Crippen molar-refractivity contribution < 1.29 is 4.74 Å². The van der Waals surface area contributed by atoms with Crippen molar-refractivity contribution in [1.82, 2.24) is 0 Å². The van der Waals surface area contributed by atoms with Crippen molar-refractivity contribution in [1.29, 1.82) is 0 Å². The number of hydrogen-bond donors (Lipinski definition) is 0. The van der Waals surface area contributed by atoms with Gasteiger partial charge in [-0.3, -0.25) is 0 Å². The summed E-state index contributed by atoms with van der Waals surface area (Å²) in [7, 11) is 0. The molecule has 3 rings (SSSR count). The maximum atomic E-state index is 6.20. The lowest BCUT2D eigenvalue weighted by Crippen LogP contribution is -2.26. The lowest BCUT2D eigenvalue weighted by Gasteiger charge is -2.28. The Morgan fingerprint density at radius 3 is 2.06 bits per heavy atom. The number of rotatable bonds is 2. The van der Waals surface area contributed by atoms with Crippen LogP contribution in [0.5, 0.6) is 5.75 Å². The minimum Gasteiger partial charge on any atom is -0.490 e. The smallest absolute Gasteiger partial charge is 0.120 e. The molecule has 2 fully saturated rings. The molecule has 1 heteroatoms. The predicted octanol–water partition coefficient (Wildman–Crippen LogP) is 4.26. The van der Waals surface area contributed by atoms with Crippen LogP contribution in [-0.2, 0) is 0 Å². The van der Waals surface area contributed by atoms with E-state index >= 15 is 0 Å². The minimum absolute atomic E-state index is 0.474. The van der Waals surface area contributed by atoms with E-state index in [1.807, 2.05) is 0 Å². The first-order valence-corrected chi connectivity index (χ1v) is 6.94. The first-order valence-electron chi connectivity index (χ1n) is 6.94. The van der Waals surface area contributed by atoms with Gasteiger partial charge in [0.15, 0.2) is 0 Å². The van der Waals surface area contributed by atoms with E-state index in [0.717, 1.165) is 17.6 Å². The second-order valence-electron chi connectivity index (χ2n) is 6.08. The summed E-state index contributed by atoms with van der Waals surface area (Å²) in [5, 5.41) is 0. The maximum absolute atomic E-state index is 6.20. The van der Waals surface area contributed by atoms with Crippen LogP contribution in [0.25, 0.3) is 0 Å². The molecule has 2 saturated carbocycles. The van der Waals surface area contributed by atoms with Gasteiger partial charge >= 0.3 is 0 Å². The highest BCUT2D eigenvalue weighted by molar-refractivity contribution is 5.33. The third kappa shape index (κ3) is 2.48. The van der Waals surface area contributed by atoms with E-state index in [9.17, 15) is 0 Å². The van der Waals surface area contributed by atoms with Gasteiger partial charge in [0.25, 0.3) is 0 Å². The van der Waals surface area contributed by atoms with Crippen molar-refractivity contribution in [3.63, 3.8) is 0 Å². The lowest BCUT2D eigenvalue weighted by atomic mass is 9.87. The quantitative estimate of drug-likeness (QED) is 0.737. The summed E-state index contributed by atoms with van der Waals surface area (Å²) in [4.78, 5) is 0. The SMILES string of the molecule is Cc1cc(C)cc(OC2C[C@H]3CC[C@@H](C2)C3)c1. The second kappa shape index (κ2) is 4.36. The molecule has 0 heterocycles. The van der Waals surface area contributed by atoms with E-state index in [-0.39, 0.29) is 0 Å². The highest BCUT2D eigenvalue weighted by atomic mass is 16.5. The van der Waals surface area contributed by atoms with E-state index in [0.29, 0.717) is 6.10 Å². The van der Waals surface area contributed by atoms with Crippen LogP contribution in [0.3, 0.4) is 0 Å². The molecule has 1 unspecified atom stereocenters. The van der Waals surface area contributed by atoms with E-state index < -0.39 is 0 Å². The summed E-state index contributed by atoms with van der Waals surface area (Å²) in [6.07, 6.45) is 7.39. The third-order valence-corrected chi connectivity index (χ3v) is 4.34. The fourth-order valence-corrected chi connectivity index (χ4v) is 3.74. The largest absolute Gasteiger partial charge is 0.490 e. The van der Waals surface area contributed by atoms with Crippen molar-refractivity contribution in [3.05, 3.63) is 29.3 Å². The summed E-state index contributed by atoms with van der Waals surface area (Å²) in [6, 6.07) is 6.55. The zero-order valence-electron chi connectivity index (χ0n) is 10.9. The van der Waals surface area contributed by atoms with Crippen LogP contribution in [-0.4, -0.2) is 6.10 Å². The molecule has 3 atom stereocenters. The Kier molecular flexibility index (Phi) is 2.85. The summed E-state index contributed by atoms with van der Waals surface area (Å²) < 4.78 is 6.20. The van der Waals surface area contributed by atoms with Crippen molar-refractivity contribution in [2.45, 2.75) is 52.1 Å².